The van der Waals surface area contributed by atoms with Gasteiger partial charge in [0.15, 0.2) is 0 Å². The number of aryl methyl sites for hydroxylation is 2. The number of benzene rings is 1. The molecule has 0 amide bonds. The largest absolute Gasteiger partial charge is 0.354 e. The monoisotopic (exact) mass is 293 g/mol. The van der Waals surface area contributed by atoms with Gasteiger partial charge in [0.1, 0.15) is 5.65 Å². The second kappa shape index (κ2) is 4.49. The minimum atomic E-state index is -0.0213. The summed E-state index contributed by atoms with van der Waals surface area (Å²) in [5.74, 6) is 0. The molecule has 1 aromatic carbocycles. The molecule has 0 aliphatic carbocycles. The third-order valence-corrected chi connectivity index (χ3v) is 3.95. The molecule has 0 unspecified atom stereocenters. The standard InChI is InChI=1S/C16H15N5O/c1-19-13-5-3-11(9-14(13)20(2)16(19)22)18-12-4-6-15-17-7-8-21(15)10-12/h3-10,18H,1-2H3. The van der Waals surface area contributed by atoms with E-state index >= 15 is 0 Å². The lowest BCUT2D eigenvalue weighted by Crippen LogP contribution is -2.19. The summed E-state index contributed by atoms with van der Waals surface area (Å²) in [7, 11) is 3.57. The highest BCUT2D eigenvalue weighted by Crippen LogP contribution is 2.21. The van der Waals surface area contributed by atoms with E-state index in [-0.39, 0.29) is 5.69 Å². The van der Waals surface area contributed by atoms with Crippen LogP contribution in [0.4, 0.5) is 11.4 Å². The molecular formula is C16H15N5O. The highest BCUT2D eigenvalue weighted by Gasteiger charge is 2.08. The Morgan fingerprint density at radius 1 is 1.00 bits per heavy atom. The first-order valence-corrected chi connectivity index (χ1v) is 6.99. The fraction of sp³-hybridized carbons (Fsp3) is 0.125. The van der Waals surface area contributed by atoms with Crippen LogP contribution >= 0.6 is 0 Å². The number of nitrogens with zero attached hydrogens (tertiary/aromatic N) is 4. The second-order valence-electron chi connectivity index (χ2n) is 5.34. The molecule has 0 aliphatic rings. The number of aromatic nitrogens is 4. The molecule has 0 spiro atoms. The van der Waals surface area contributed by atoms with Gasteiger partial charge < -0.3 is 9.72 Å². The zero-order chi connectivity index (χ0) is 15.3. The quantitative estimate of drug-likeness (QED) is 0.617. The summed E-state index contributed by atoms with van der Waals surface area (Å²) in [4.78, 5) is 16.2. The molecule has 0 bridgehead atoms. The van der Waals surface area contributed by atoms with Gasteiger partial charge in [-0.05, 0) is 30.3 Å². The molecule has 4 rings (SSSR count). The van der Waals surface area contributed by atoms with Gasteiger partial charge in [0.2, 0.25) is 0 Å². The van der Waals surface area contributed by atoms with E-state index in [1.807, 2.05) is 47.1 Å². The Morgan fingerprint density at radius 3 is 2.64 bits per heavy atom. The third kappa shape index (κ3) is 1.81. The Balaban J connectivity index is 1.77. The topological polar surface area (TPSA) is 56.3 Å². The number of pyridine rings is 1. The molecule has 3 heterocycles. The van der Waals surface area contributed by atoms with Crippen molar-refractivity contribution in [3.05, 3.63) is 59.4 Å². The maximum Gasteiger partial charge on any atom is 0.328 e. The second-order valence-corrected chi connectivity index (χ2v) is 5.34. The van der Waals surface area contributed by atoms with E-state index in [4.69, 9.17) is 0 Å². The Labute approximate surface area is 126 Å². The summed E-state index contributed by atoms with van der Waals surface area (Å²) in [6, 6.07) is 9.85. The maximum absolute atomic E-state index is 12.0. The van der Waals surface area contributed by atoms with E-state index in [2.05, 4.69) is 10.3 Å². The van der Waals surface area contributed by atoms with Crippen molar-refractivity contribution in [1.29, 1.82) is 0 Å². The summed E-state index contributed by atoms with van der Waals surface area (Å²) in [5, 5.41) is 3.36. The van der Waals surface area contributed by atoms with E-state index < -0.39 is 0 Å². The number of fused-ring (bicyclic) bond motifs is 2. The molecule has 4 aromatic rings. The van der Waals surface area contributed by atoms with Crippen LogP contribution in [0.1, 0.15) is 0 Å². The predicted octanol–water partition coefficient (Wildman–Crippen LogP) is 2.27. The van der Waals surface area contributed by atoms with Gasteiger partial charge in [0, 0.05) is 38.4 Å². The van der Waals surface area contributed by atoms with Crippen LogP contribution in [0.15, 0.2) is 53.7 Å². The van der Waals surface area contributed by atoms with E-state index in [0.29, 0.717) is 0 Å². The average Bonchev–Trinajstić information content (AvgIpc) is 3.07. The predicted molar refractivity (Wildman–Crippen MR) is 86.6 cm³/mol. The summed E-state index contributed by atoms with van der Waals surface area (Å²) >= 11 is 0. The first-order valence-electron chi connectivity index (χ1n) is 6.99. The summed E-state index contributed by atoms with van der Waals surface area (Å²) in [5.41, 5.74) is 4.61. The third-order valence-electron chi connectivity index (χ3n) is 3.95. The number of imidazole rings is 2. The van der Waals surface area contributed by atoms with Crippen molar-refractivity contribution < 1.29 is 0 Å². The molecule has 0 aliphatic heterocycles. The van der Waals surface area contributed by atoms with Crippen LogP contribution < -0.4 is 11.0 Å². The van der Waals surface area contributed by atoms with Crippen LogP contribution in [-0.2, 0) is 14.1 Å². The van der Waals surface area contributed by atoms with Crippen molar-refractivity contribution in [1.82, 2.24) is 18.5 Å². The molecule has 6 nitrogen and oxygen atoms in total. The number of nitrogens with one attached hydrogen (secondary N) is 1. The van der Waals surface area contributed by atoms with Gasteiger partial charge in [-0.25, -0.2) is 9.78 Å². The maximum atomic E-state index is 12.0. The lowest BCUT2D eigenvalue weighted by atomic mass is 10.2. The van der Waals surface area contributed by atoms with Crippen molar-refractivity contribution in [2.45, 2.75) is 0 Å². The van der Waals surface area contributed by atoms with Gasteiger partial charge >= 0.3 is 5.69 Å². The van der Waals surface area contributed by atoms with E-state index in [0.717, 1.165) is 28.1 Å². The zero-order valence-electron chi connectivity index (χ0n) is 12.3. The van der Waals surface area contributed by atoms with Gasteiger partial charge in [-0.2, -0.15) is 0 Å². The van der Waals surface area contributed by atoms with E-state index in [1.54, 1.807) is 29.4 Å². The Hall–Kier alpha value is -3.02. The number of hydrogen-bond acceptors (Lipinski definition) is 3. The Kier molecular flexibility index (Phi) is 2.59. The highest BCUT2D eigenvalue weighted by molar-refractivity contribution is 5.81. The summed E-state index contributed by atoms with van der Waals surface area (Å²) < 4.78 is 5.26. The van der Waals surface area contributed by atoms with Crippen LogP contribution in [0.2, 0.25) is 0 Å². The van der Waals surface area contributed by atoms with E-state index in [9.17, 15) is 4.79 Å². The van der Waals surface area contributed by atoms with Crippen molar-refractivity contribution in [2.24, 2.45) is 14.1 Å². The van der Waals surface area contributed by atoms with Crippen LogP contribution in [0.3, 0.4) is 0 Å². The molecule has 0 radical (unpaired) electrons. The molecule has 0 fully saturated rings. The number of rotatable bonds is 2. The van der Waals surface area contributed by atoms with Gasteiger partial charge in [0.05, 0.1) is 16.7 Å². The molecule has 0 atom stereocenters. The van der Waals surface area contributed by atoms with Crippen LogP contribution in [-0.4, -0.2) is 18.5 Å². The Bertz CT molecular complexity index is 1050. The summed E-state index contributed by atoms with van der Waals surface area (Å²) in [6.45, 7) is 0. The SMILES string of the molecule is Cn1c(=O)n(C)c2cc(Nc3ccc4nccn4c3)ccc21. The highest BCUT2D eigenvalue weighted by atomic mass is 16.1. The number of anilines is 2. The van der Waals surface area contributed by atoms with E-state index in [1.165, 1.54) is 0 Å². The fourth-order valence-corrected chi connectivity index (χ4v) is 2.75. The molecule has 3 aromatic heterocycles. The zero-order valence-corrected chi connectivity index (χ0v) is 12.3. The first kappa shape index (κ1) is 12.7. The van der Waals surface area contributed by atoms with Crippen LogP contribution in [0.5, 0.6) is 0 Å². The lowest BCUT2D eigenvalue weighted by molar-refractivity contribution is 0.795. The van der Waals surface area contributed by atoms with Crippen LogP contribution in [0, 0.1) is 0 Å². The fourth-order valence-electron chi connectivity index (χ4n) is 2.75. The van der Waals surface area contributed by atoms with Crippen LogP contribution in [0.25, 0.3) is 16.7 Å². The summed E-state index contributed by atoms with van der Waals surface area (Å²) in [6.07, 6.45) is 5.66. The molecule has 1 N–H and O–H groups in total. The molecule has 0 saturated heterocycles. The van der Waals surface area contributed by atoms with Gasteiger partial charge in [-0.3, -0.25) is 9.13 Å². The molecule has 0 saturated carbocycles. The van der Waals surface area contributed by atoms with Gasteiger partial charge in [-0.1, -0.05) is 0 Å². The number of hydrogen-bond donors (Lipinski definition) is 1. The average molecular weight is 293 g/mol. The molecule has 22 heavy (non-hydrogen) atoms. The molecule has 110 valence electrons. The lowest BCUT2D eigenvalue weighted by Gasteiger charge is -2.07. The van der Waals surface area contributed by atoms with Crippen molar-refractivity contribution >= 4 is 28.1 Å². The first-order chi connectivity index (χ1) is 10.6. The van der Waals surface area contributed by atoms with Crippen molar-refractivity contribution in [3.63, 3.8) is 0 Å². The van der Waals surface area contributed by atoms with Gasteiger partial charge in [0.25, 0.3) is 0 Å². The van der Waals surface area contributed by atoms with Crippen molar-refractivity contribution in [2.75, 3.05) is 5.32 Å². The molecular weight excluding hydrogens is 278 g/mol. The Morgan fingerprint density at radius 2 is 1.77 bits per heavy atom. The minimum absolute atomic E-state index is 0.0213. The smallest absolute Gasteiger partial charge is 0.328 e. The van der Waals surface area contributed by atoms with Gasteiger partial charge in [-0.15, -0.1) is 0 Å². The minimum Gasteiger partial charge on any atom is -0.354 e. The molecule has 6 heteroatoms. The normalized spacial score (nSPS) is 11.4. The van der Waals surface area contributed by atoms with Crippen molar-refractivity contribution in [3.8, 4) is 0 Å².